The zero-order valence-electron chi connectivity index (χ0n) is 16.3. The van der Waals surface area contributed by atoms with Crippen LogP contribution < -0.4 is 0 Å². The number of ether oxygens (including phenoxy) is 1. The van der Waals surface area contributed by atoms with Crippen LogP contribution >= 0.6 is 0 Å². The van der Waals surface area contributed by atoms with Crippen molar-refractivity contribution in [2.75, 3.05) is 45.9 Å². The van der Waals surface area contributed by atoms with Crippen molar-refractivity contribution in [3.8, 4) is 0 Å². The first-order valence-corrected chi connectivity index (χ1v) is 11.5. The van der Waals surface area contributed by atoms with Gasteiger partial charge in [0.1, 0.15) is 11.1 Å². The number of amides is 1. The van der Waals surface area contributed by atoms with Gasteiger partial charge in [-0.2, -0.15) is 0 Å². The molecule has 0 radical (unpaired) electrons. The number of benzene rings is 1. The number of carbonyl (C=O) groups is 1. The van der Waals surface area contributed by atoms with Gasteiger partial charge >= 0.3 is 0 Å². The molecule has 2 heterocycles. The number of nitrogens with zero attached hydrogens (tertiary/aromatic N) is 2. The van der Waals surface area contributed by atoms with Gasteiger partial charge in [-0.3, -0.25) is 9.69 Å². The summed E-state index contributed by atoms with van der Waals surface area (Å²) in [5, 5.41) is -1.16. The van der Waals surface area contributed by atoms with Gasteiger partial charge in [-0.25, -0.2) is 12.8 Å². The first-order valence-electron chi connectivity index (χ1n) is 9.96. The summed E-state index contributed by atoms with van der Waals surface area (Å²) in [4.78, 5) is 16.8. The lowest BCUT2D eigenvalue weighted by atomic mass is 9.93. The standard InChI is InChI=1S/C20H29FN2O4S/c1-16(28(25,26)19-4-2-18(21)3-5-19)20(24)23-10-7-17(8-11-23)6-9-22-12-14-27-15-13-22/h2-5,16-17H,6-15H2,1H3. The van der Waals surface area contributed by atoms with Crippen LogP contribution in [0.2, 0.25) is 0 Å². The fourth-order valence-electron chi connectivity index (χ4n) is 3.85. The SMILES string of the molecule is CC(C(=O)N1CCC(CCN2CCOCC2)CC1)S(=O)(=O)c1ccc(F)cc1. The molecule has 0 saturated carbocycles. The highest BCUT2D eigenvalue weighted by molar-refractivity contribution is 7.92. The van der Waals surface area contributed by atoms with Crippen LogP contribution in [0.4, 0.5) is 4.39 Å². The molecule has 1 aromatic carbocycles. The van der Waals surface area contributed by atoms with Crippen molar-refractivity contribution in [3.63, 3.8) is 0 Å². The second-order valence-electron chi connectivity index (χ2n) is 7.65. The topological polar surface area (TPSA) is 66.9 Å². The van der Waals surface area contributed by atoms with E-state index in [-0.39, 0.29) is 10.8 Å². The first-order chi connectivity index (χ1) is 13.4. The van der Waals surface area contributed by atoms with Crippen molar-refractivity contribution < 1.29 is 22.3 Å². The Labute approximate surface area is 166 Å². The molecule has 0 bridgehead atoms. The summed E-state index contributed by atoms with van der Waals surface area (Å²) < 4.78 is 43.8. The van der Waals surface area contributed by atoms with Gasteiger partial charge in [0, 0.05) is 26.2 Å². The molecule has 1 unspecified atom stereocenters. The summed E-state index contributed by atoms with van der Waals surface area (Å²) in [7, 11) is -3.82. The number of hydrogen-bond acceptors (Lipinski definition) is 5. The highest BCUT2D eigenvalue weighted by Gasteiger charge is 2.34. The predicted octanol–water partition coefficient (Wildman–Crippen LogP) is 1.95. The quantitative estimate of drug-likeness (QED) is 0.668. The smallest absolute Gasteiger partial charge is 0.241 e. The van der Waals surface area contributed by atoms with Gasteiger partial charge in [0.15, 0.2) is 9.84 Å². The third-order valence-corrected chi connectivity index (χ3v) is 7.90. The average Bonchev–Trinajstić information content (AvgIpc) is 2.72. The molecule has 2 saturated heterocycles. The van der Waals surface area contributed by atoms with Crippen molar-refractivity contribution in [2.45, 2.75) is 36.3 Å². The molecule has 6 nitrogen and oxygen atoms in total. The molecule has 0 spiro atoms. The molecule has 2 fully saturated rings. The molecule has 28 heavy (non-hydrogen) atoms. The number of piperidine rings is 1. The van der Waals surface area contributed by atoms with E-state index in [9.17, 15) is 17.6 Å². The van der Waals surface area contributed by atoms with Crippen molar-refractivity contribution in [1.29, 1.82) is 0 Å². The Bertz CT molecular complexity index is 755. The van der Waals surface area contributed by atoms with Gasteiger partial charge in [0.05, 0.1) is 18.1 Å². The molecule has 3 rings (SSSR count). The largest absolute Gasteiger partial charge is 0.379 e. The number of morpholine rings is 1. The van der Waals surface area contributed by atoms with E-state index in [4.69, 9.17) is 4.74 Å². The van der Waals surface area contributed by atoms with Gasteiger partial charge in [-0.1, -0.05) is 0 Å². The van der Waals surface area contributed by atoms with E-state index in [0.717, 1.165) is 64.2 Å². The Balaban J connectivity index is 1.50. The molecule has 0 aromatic heterocycles. The van der Waals surface area contributed by atoms with Crippen LogP contribution in [0, 0.1) is 11.7 Å². The summed E-state index contributed by atoms with van der Waals surface area (Å²) in [5.74, 6) is -0.302. The lowest BCUT2D eigenvalue weighted by Gasteiger charge is -2.35. The Morgan fingerprint density at radius 1 is 1.14 bits per heavy atom. The maximum absolute atomic E-state index is 13.1. The van der Waals surface area contributed by atoms with E-state index in [1.807, 2.05) is 0 Å². The van der Waals surface area contributed by atoms with Gasteiger partial charge in [-0.05, 0) is 62.9 Å². The molecule has 156 valence electrons. The molecule has 1 amide bonds. The average molecular weight is 413 g/mol. The summed E-state index contributed by atoms with van der Waals surface area (Å²) in [6.45, 7) is 7.22. The Morgan fingerprint density at radius 2 is 1.75 bits per heavy atom. The molecule has 0 N–H and O–H groups in total. The second kappa shape index (κ2) is 9.33. The molecular weight excluding hydrogens is 383 g/mol. The summed E-state index contributed by atoms with van der Waals surface area (Å²) in [6, 6.07) is 4.63. The van der Waals surface area contributed by atoms with Crippen LogP contribution in [-0.2, 0) is 19.4 Å². The Morgan fingerprint density at radius 3 is 2.36 bits per heavy atom. The fraction of sp³-hybridized carbons (Fsp3) is 0.650. The zero-order valence-corrected chi connectivity index (χ0v) is 17.2. The summed E-state index contributed by atoms with van der Waals surface area (Å²) >= 11 is 0. The van der Waals surface area contributed by atoms with Crippen molar-refractivity contribution in [1.82, 2.24) is 9.80 Å². The second-order valence-corrected chi connectivity index (χ2v) is 9.92. The normalized spacial score (nSPS) is 20.9. The molecule has 1 aromatic rings. The highest BCUT2D eigenvalue weighted by Crippen LogP contribution is 2.24. The van der Waals surface area contributed by atoms with E-state index < -0.39 is 20.9 Å². The summed E-state index contributed by atoms with van der Waals surface area (Å²) in [5.41, 5.74) is 0. The third-order valence-electron chi connectivity index (χ3n) is 5.84. The molecule has 0 aliphatic carbocycles. The van der Waals surface area contributed by atoms with Crippen molar-refractivity contribution in [2.24, 2.45) is 5.92 Å². The maximum Gasteiger partial charge on any atom is 0.241 e. The van der Waals surface area contributed by atoms with Gasteiger partial charge in [-0.15, -0.1) is 0 Å². The third kappa shape index (κ3) is 5.10. The minimum Gasteiger partial charge on any atom is -0.379 e. The van der Waals surface area contributed by atoms with Crippen LogP contribution in [0.5, 0.6) is 0 Å². The molecule has 1 atom stereocenters. The van der Waals surface area contributed by atoms with Crippen LogP contribution in [0.15, 0.2) is 29.2 Å². The van der Waals surface area contributed by atoms with Crippen molar-refractivity contribution in [3.05, 3.63) is 30.1 Å². The number of carbonyl (C=O) groups excluding carboxylic acids is 1. The number of hydrogen-bond donors (Lipinski definition) is 0. The van der Waals surface area contributed by atoms with Crippen LogP contribution in [0.25, 0.3) is 0 Å². The Kier molecular flexibility index (Phi) is 7.06. The fourth-order valence-corrected chi connectivity index (χ4v) is 5.19. The van der Waals surface area contributed by atoms with Crippen LogP contribution in [0.1, 0.15) is 26.2 Å². The van der Waals surface area contributed by atoms with Gasteiger partial charge in [0.2, 0.25) is 5.91 Å². The summed E-state index contributed by atoms with van der Waals surface area (Å²) in [6.07, 6.45) is 2.91. The molecule has 2 aliphatic heterocycles. The van der Waals surface area contributed by atoms with E-state index in [2.05, 4.69) is 4.90 Å². The number of halogens is 1. The van der Waals surface area contributed by atoms with E-state index in [1.54, 1.807) is 4.90 Å². The molecule has 8 heteroatoms. The maximum atomic E-state index is 13.1. The number of sulfone groups is 1. The minimum absolute atomic E-state index is 0.0184. The minimum atomic E-state index is -3.82. The highest BCUT2D eigenvalue weighted by atomic mass is 32.2. The van der Waals surface area contributed by atoms with Crippen molar-refractivity contribution >= 4 is 15.7 Å². The lowest BCUT2D eigenvalue weighted by molar-refractivity contribution is -0.131. The van der Waals surface area contributed by atoms with Crippen LogP contribution in [0.3, 0.4) is 0 Å². The number of rotatable bonds is 6. The predicted molar refractivity (Wildman–Crippen MR) is 104 cm³/mol. The monoisotopic (exact) mass is 412 g/mol. The van der Waals surface area contributed by atoms with Gasteiger partial charge < -0.3 is 9.64 Å². The zero-order chi connectivity index (χ0) is 20.1. The van der Waals surface area contributed by atoms with Gasteiger partial charge in [0.25, 0.3) is 0 Å². The van der Waals surface area contributed by atoms with E-state index in [1.165, 1.54) is 19.1 Å². The van der Waals surface area contributed by atoms with Crippen LogP contribution in [-0.4, -0.2) is 75.3 Å². The van der Waals surface area contributed by atoms with E-state index >= 15 is 0 Å². The first kappa shape index (κ1) is 21.2. The lowest BCUT2D eigenvalue weighted by Crippen LogP contribution is -2.46. The molecular formula is C20H29FN2O4S. The number of likely N-dealkylation sites (tertiary alicyclic amines) is 1. The Hall–Kier alpha value is -1.51. The molecule has 2 aliphatic rings. The van der Waals surface area contributed by atoms with E-state index in [0.29, 0.717) is 19.0 Å².